The zero-order valence-corrected chi connectivity index (χ0v) is 16.1. The highest BCUT2D eigenvalue weighted by molar-refractivity contribution is 6.29. The van der Waals surface area contributed by atoms with Gasteiger partial charge in [0.15, 0.2) is 0 Å². The fourth-order valence-electron chi connectivity index (χ4n) is 3.22. The second-order valence-electron chi connectivity index (χ2n) is 6.49. The number of ether oxygens (including phenoxy) is 1. The summed E-state index contributed by atoms with van der Waals surface area (Å²) in [6.07, 6.45) is 4.43. The van der Waals surface area contributed by atoms with Gasteiger partial charge in [0, 0.05) is 36.5 Å². The molecule has 0 aliphatic carbocycles. The molecule has 0 unspecified atom stereocenters. The van der Waals surface area contributed by atoms with Gasteiger partial charge in [-0.3, -0.25) is 0 Å². The number of rotatable bonds is 7. The molecular formula is C21H20ClN5O. The van der Waals surface area contributed by atoms with Gasteiger partial charge in [-0.1, -0.05) is 41.9 Å². The highest BCUT2D eigenvalue weighted by atomic mass is 35.5. The number of fused-ring (bicyclic) bond motifs is 1. The summed E-state index contributed by atoms with van der Waals surface area (Å²) in [6.45, 7) is 0.525. The molecule has 2 N–H and O–H groups in total. The second-order valence-corrected chi connectivity index (χ2v) is 6.88. The summed E-state index contributed by atoms with van der Waals surface area (Å²) >= 11 is 6.29. The second kappa shape index (κ2) is 8.37. The van der Waals surface area contributed by atoms with Crippen LogP contribution in [0.5, 0.6) is 0 Å². The van der Waals surface area contributed by atoms with Crippen molar-refractivity contribution in [2.75, 3.05) is 19.0 Å². The molecule has 4 aromatic rings. The van der Waals surface area contributed by atoms with Crippen LogP contribution in [-0.4, -0.2) is 39.7 Å². The summed E-state index contributed by atoms with van der Waals surface area (Å²) in [6, 6.07) is 15.9. The van der Waals surface area contributed by atoms with E-state index in [1.165, 1.54) is 5.56 Å². The fourth-order valence-corrected chi connectivity index (χ4v) is 3.41. The minimum absolute atomic E-state index is 0.0170. The lowest BCUT2D eigenvalue weighted by molar-refractivity contribution is 0.185. The Morgan fingerprint density at radius 2 is 2.00 bits per heavy atom. The van der Waals surface area contributed by atoms with Crippen LogP contribution in [0.3, 0.4) is 0 Å². The van der Waals surface area contributed by atoms with E-state index in [1.54, 1.807) is 19.4 Å². The molecule has 0 aliphatic heterocycles. The van der Waals surface area contributed by atoms with Crippen LogP contribution in [-0.2, 0) is 11.2 Å². The van der Waals surface area contributed by atoms with E-state index in [0.717, 1.165) is 28.7 Å². The number of halogens is 1. The number of hydrogen-bond acceptors (Lipinski definition) is 5. The molecule has 0 saturated carbocycles. The van der Waals surface area contributed by atoms with Crippen molar-refractivity contribution in [3.63, 3.8) is 0 Å². The van der Waals surface area contributed by atoms with Crippen molar-refractivity contribution in [1.82, 2.24) is 19.9 Å². The molecular weight excluding hydrogens is 374 g/mol. The maximum absolute atomic E-state index is 6.29. The van der Waals surface area contributed by atoms with Gasteiger partial charge in [-0.2, -0.15) is 0 Å². The average Bonchev–Trinajstić information content (AvgIpc) is 3.13. The van der Waals surface area contributed by atoms with E-state index >= 15 is 0 Å². The summed E-state index contributed by atoms with van der Waals surface area (Å²) in [4.78, 5) is 16.5. The Hall–Kier alpha value is -2.96. The topological polar surface area (TPSA) is 75.7 Å². The molecule has 0 aliphatic rings. The lowest BCUT2D eigenvalue weighted by Gasteiger charge is -2.18. The first-order valence-electron chi connectivity index (χ1n) is 8.99. The molecule has 0 fully saturated rings. The number of methoxy groups -OCH3 is 1. The number of nitrogens with one attached hydrogen (secondary N) is 2. The molecule has 7 heteroatoms. The standard InChI is InChI=1S/C21H20ClN5O/c1-28-13-15(10-14-6-3-2-4-7-14)25-21-26-18(11-19(22)27-21)17-12-24-20-16(17)8-5-9-23-20/h2-9,11-12,15H,10,13H2,1H3,(H,23,24)(H,25,26,27)/t15-/m0/s1. The molecule has 0 amide bonds. The van der Waals surface area contributed by atoms with Crippen molar-refractivity contribution < 1.29 is 4.74 Å². The first-order valence-corrected chi connectivity index (χ1v) is 9.37. The van der Waals surface area contributed by atoms with Gasteiger partial charge in [0.2, 0.25) is 5.95 Å². The number of aromatic nitrogens is 4. The van der Waals surface area contributed by atoms with Crippen molar-refractivity contribution in [2.45, 2.75) is 12.5 Å². The molecule has 28 heavy (non-hydrogen) atoms. The summed E-state index contributed by atoms with van der Waals surface area (Å²) < 4.78 is 5.37. The van der Waals surface area contributed by atoms with E-state index in [-0.39, 0.29) is 6.04 Å². The van der Waals surface area contributed by atoms with Crippen molar-refractivity contribution in [2.24, 2.45) is 0 Å². The number of nitrogens with zero attached hydrogens (tertiary/aromatic N) is 3. The Kier molecular flexibility index (Phi) is 5.50. The largest absolute Gasteiger partial charge is 0.383 e. The van der Waals surface area contributed by atoms with E-state index in [9.17, 15) is 0 Å². The van der Waals surface area contributed by atoms with E-state index in [0.29, 0.717) is 17.7 Å². The monoisotopic (exact) mass is 393 g/mol. The molecule has 4 rings (SSSR count). The zero-order valence-electron chi connectivity index (χ0n) is 15.4. The smallest absolute Gasteiger partial charge is 0.224 e. The molecule has 1 aromatic carbocycles. The van der Waals surface area contributed by atoms with Gasteiger partial charge >= 0.3 is 0 Å². The average molecular weight is 394 g/mol. The molecule has 3 aromatic heterocycles. The highest BCUT2D eigenvalue weighted by Gasteiger charge is 2.15. The number of aromatic amines is 1. The Labute approximate surface area is 168 Å². The van der Waals surface area contributed by atoms with E-state index in [2.05, 4.69) is 37.4 Å². The predicted octanol–water partition coefficient (Wildman–Crippen LogP) is 4.34. The first-order chi connectivity index (χ1) is 13.7. The van der Waals surface area contributed by atoms with E-state index in [4.69, 9.17) is 16.3 Å². The predicted molar refractivity (Wildman–Crippen MR) is 112 cm³/mol. The lowest BCUT2D eigenvalue weighted by Crippen LogP contribution is -2.28. The summed E-state index contributed by atoms with van der Waals surface area (Å²) in [5.41, 5.74) is 3.68. The Bertz CT molecular complexity index is 1070. The minimum Gasteiger partial charge on any atom is -0.383 e. The summed E-state index contributed by atoms with van der Waals surface area (Å²) in [5, 5.41) is 4.73. The highest BCUT2D eigenvalue weighted by Crippen LogP contribution is 2.28. The SMILES string of the molecule is COC[C@H](Cc1ccccc1)Nc1nc(Cl)cc(-c2c[nH]c3ncccc23)n1. The van der Waals surface area contributed by atoms with Gasteiger partial charge in [-0.05, 0) is 24.1 Å². The van der Waals surface area contributed by atoms with E-state index in [1.807, 2.05) is 36.5 Å². The zero-order chi connectivity index (χ0) is 19.3. The molecule has 0 radical (unpaired) electrons. The maximum Gasteiger partial charge on any atom is 0.224 e. The van der Waals surface area contributed by atoms with Crippen LogP contribution in [0.2, 0.25) is 5.15 Å². The van der Waals surface area contributed by atoms with Crippen molar-refractivity contribution in [3.8, 4) is 11.3 Å². The Morgan fingerprint density at radius 3 is 2.82 bits per heavy atom. The number of H-pyrrole nitrogens is 1. The van der Waals surface area contributed by atoms with Gasteiger partial charge in [-0.25, -0.2) is 15.0 Å². The van der Waals surface area contributed by atoms with Gasteiger partial charge in [0.05, 0.1) is 18.3 Å². The molecule has 1 atom stereocenters. The maximum atomic E-state index is 6.29. The third-order valence-corrected chi connectivity index (χ3v) is 4.64. The normalized spacial score (nSPS) is 12.2. The van der Waals surface area contributed by atoms with Crippen molar-refractivity contribution in [1.29, 1.82) is 0 Å². The lowest BCUT2D eigenvalue weighted by atomic mass is 10.1. The number of hydrogen-bond donors (Lipinski definition) is 2. The van der Waals surface area contributed by atoms with E-state index < -0.39 is 0 Å². The first kappa shape index (κ1) is 18.4. The Balaban J connectivity index is 1.62. The number of pyridine rings is 1. The van der Waals surface area contributed by atoms with Crippen LogP contribution in [0.4, 0.5) is 5.95 Å². The van der Waals surface area contributed by atoms with Crippen molar-refractivity contribution >= 4 is 28.6 Å². The van der Waals surface area contributed by atoms with Crippen LogP contribution < -0.4 is 5.32 Å². The summed E-state index contributed by atoms with van der Waals surface area (Å²) in [7, 11) is 1.68. The van der Waals surface area contributed by atoms with Gasteiger partial charge in [-0.15, -0.1) is 0 Å². The van der Waals surface area contributed by atoms with Crippen LogP contribution in [0, 0.1) is 0 Å². The third-order valence-electron chi connectivity index (χ3n) is 4.45. The molecule has 6 nitrogen and oxygen atoms in total. The number of anilines is 1. The minimum atomic E-state index is 0.0170. The quantitative estimate of drug-likeness (QED) is 0.457. The van der Waals surface area contributed by atoms with Crippen LogP contribution in [0.15, 0.2) is 60.9 Å². The van der Waals surface area contributed by atoms with Gasteiger partial charge in [0.1, 0.15) is 10.8 Å². The number of benzene rings is 1. The molecule has 0 saturated heterocycles. The van der Waals surface area contributed by atoms with Crippen LogP contribution in [0.25, 0.3) is 22.3 Å². The van der Waals surface area contributed by atoms with Gasteiger partial charge in [0.25, 0.3) is 0 Å². The van der Waals surface area contributed by atoms with Crippen molar-refractivity contribution in [3.05, 3.63) is 71.6 Å². The summed E-state index contributed by atoms with van der Waals surface area (Å²) in [5.74, 6) is 0.471. The molecule has 0 bridgehead atoms. The van der Waals surface area contributed by atoms with Crippen LogP contribution in [0.1, 0.15) is 5.56 Å². The Morgan fingerprint density at radius 1 is 1.14 bits per heavy atom. The molecule has 0 spiro atoms. The van der Waals surface area contributed by atoms with Crippen LogP contribution >= 0.6 is 11.6 Å². The third kappa shape index (κ3) is 4.13. The molecule has 3 heterocycles. The molecule has 142 valence electrons. The van der Waals surface area contributed by atoms with Gasteiger partial charge < -0.3 is 15.0 Å². The fraction of sp³-hybridized carbons (Fsp3) is 0.190.